The van der Waals surface area contributed by atoms with Gasteiger partial charge in [0.05, 0.1) is 17.8 Å². The van der Waals surface area contributed by atoms with Crippen molar-refractivity contribution in [2.45, 2.75) is 19.9 Å². The molecule has 2 rings (SSSR count). The lowest BCUT2D eigenvalue weighted by molar-refractivity contribution is 0.0702. The molecule has 19 heavy (non-hydrogen) atoms. The van der Waals surface area contributed by atoms with Crippen LogP contribution >= 0.6 is 0 Å². The normalized spacial score (nSPS) is 12.2. The molecule has 1 aromatic carbocycles. The molecule has 0 spiro atoms. The molecule has 4 nitrogen and oxygen atoms in total. The SMILES string of the molecule is CCN(C(=O)c1cn[nH]c1)C(C)c1ccc(F)cc1. The summed E-state index contributed by atoms with van der Waals surface area (Å²) in [6.45, 7) is 4.41. The Bertz CT molecular complexity index is 536. The summed E-state index contributed by atoms with van der Waals surface area (Å²) >= 11 is 0. The molecule has 1 amide bonds. The third kappa shape index (κ3) is 2.81. The summed E-state index contributed by atoms with van der Waals surface area (Å²) in [7, 11) is 0. The van der Waals surface area contributed by atoms with Crippen LogP contribution in [-0.4, -0.2) is 27.5 Å². The van der Waals surface area contributed by atoms with Crippen LogP contribution in [0.15, 0.2) is 36.7 Å². The van der Waals surface area contributed by atoms with Crippen LogP contribution in [0.5, 0.6) is 0 Å². The molecule has 5 heteroatoms. The fourth-order valence-corrected chi connectivity index (χ4v) is 2.05. The number of hydrogen-bond acceptors (Lipinski definition) is 2. The van der Waals surface area contributed by atoms with Crippen LogP contribution in [0.2, 0.25) is 0 Å². The Hall–Kier alpha value is -2.17. The van der Waals surface area contributed by atoms with Crippen molar-refractivity contribution in [1.29, 1.82) is 0 Å². The minimum Gasteiger partial charge on any atom is -0.332 e. The van der Waals surface area contributed by atoms with Crippen LogP contribution < -0.4 is 0 Å². The topological polar surface area (TPSA) is 49.0 Å². The number of hydrogen-bond donors (Lipinski definition) is 1. The maximum Gasteiger partial charge on any atom is 0.257 e. The Morgan fingerprint density at radius 1 is 1.42 bits per heavy atom. The van der Waals surface area contributed by atoms with Gasteiger partial charge >= 0.3 is 0 Å². The first kappa shape index (κ1) is 13.3. The molecule has 1 atom stereocenters. The maximum atomic E-state index is 12.9. The summed E-state index contributed by atoms with van der Waals surface area (Å²) in [5.74, 6) is -0.367. The first-order valence-electron chi connectivity index (χ1n) is 6.18. The van der Waals surface area contributed by atoms with Gasteiger partial charge in [0, 0.05) is 12.7 Å². The lowest BCUT2D eigenvalue weighted by atomic mass is 10.1. The second-order valence-corrected chi connectivity index (χ2v) is 4.31. The zero-order chi connectivity index (χ0) is 13.8. The molecule has 100 valence electrons. The van der Waals surface area contributed by atoms with Crippen LogP contribution in [0.4, 0.5) is 4.39 Å². The van der Waals surface area contributed by atoms with Crippen molar-refractivity contribution in [3.63, 3.8) is 0 Å². The molecule has 1 heterocycles. The second kappa shape index (κ2) is 5.65. The summed E-state index contributed by atoms with van der Waals surface area (Å²) in [6, 6.07) is 6.09. The number of halogens is 1. The monoisotopic (exact) mass is 261 g/mol. The Morgan fingerprint density at radius 2 is 2.11 bits per heavy atom. The van der Waals surface area contributed by atoms with E-state index >= 15 is 0 Å². The van der Waals surface area contributed by atoms with Gasteiger partial charge in [0.1, 0.15) is 5.82 Å². The third-order valence-corrected chi connectivity index (χ3v) is 3.17. The van der Waals surface area contributed by atoms with Gasteiger partial charge in [-0.15, -0.1) is 0 Å². The lowest BCUT2D eigenvalue weighted by Crippen LogP contribution is -2.33. The van der Waals surface area contributed by atoms with E-state index in [1.165, 1.54) is 18.3 Å². The van der Waals surface area contributed by atoms with Crippen molar-refractivity contribution >= 4 is 5.91 Å². The van der Waals surface area contributed by atoms with Crippen molar-refractivity contribution in [2.24, 2.45) is 0 Å². The molecule has 0 aliphatic carbocycles. The van der Waals surface area contributed by atoms with E-state index in [1.807, 2.05) is 13.8 Å². The van der Waals surface area contributed by atoms with Gasteiger partial charge < -0.3 is 4.90 Å². The van der Waals surface area contributed by atoms with Gasteiger partial charge in [-0.3, -0.25) is 9.89 Å². The maximum absolute atomic E-state index is 12.9. The highest BCUT2D eigenvalue weighted by Crippen LogP contribution is 2.22. The number of H-pyrrole nitrogens is 1. The molecule has 0 aliphatic heterocycles. The van der Waals surface area contributed by atoms with Gasteiger partial charge in [-0.05, 0) is 31.5 Å². The highest BCUT2D eigenvalue weighted by molar-refractivity contribution is 5.93. The number of carbonyl (C=O) groups is 1. The van der Waals surface area contributed by atoms with Gasteiger partial charge in [-0.25, -0.2) is 4.39 Å². The summed E-state index contributed by atoms with van der Waals surface area (Å²) in [4.78, 5) is 14.0. The van der Waals surface area contributed by atoms with Crippen molar-refractivity contribution < 1.29 is 9.18 Å². The number of amides is 1. The molecule has 1 unspecified atom stereocenters. The smallest absolute Gasteiger partial charge is 0.257 e. The molecule has 0 saturated heterocycles. The van der Waals surface area contributed by atoms with Gasteiger partial charge in [-0.1, -0.05) is 12.1 Å². The van der Waals surface area contributed by atoms with E-state index in [0.717, 1.165) is 5.56 Å². The van der Waals surface area contributed by atoms with Crippen LogP contribution in [0.1, 0.15) is 35.8 Å². The summed E-state index contributed by atoms with van der Waals surface area (Å²) in [5.41, 5.74) is 1.43. The average molecular weight is 261 g/mol. The lowest BCUT2D eigenvalue weighted by Gasteiger charge is -2.28. The van der Waals surface area contributed by atoms with E-state index in [2.05, 4.69) is 10.2 Å². The summed E-state index contributed by atoms with van der Waals surface area (Å²) < 4.78 is 12.9. The Morgan fingerprint density at radius 3 is 2.63 bits per heavy atom. The fraction of sp³-hybridized carbons (Fsp3) is 0.286. The number of nitrogens with one attached hydrogen (secondary N) is 1. The Balaban J connectivity index is 2.22. The van der Waals surface area contributed by atoms with Crippen molar-refractivity contribution in [3.8, 4) is 0 Å². The number of carbonyl (C=O) groups excluding carboxylic acids is 1. The van der Waals surface area contributed by atoms with Crippen molar-refractivity contribution in [2.75, 3.05) is 6.54 Å². The van der Waals surface area contributed by atoms with Gasteiger partial charge in [0.25, 0.3) is 5.91 Å². The largest absolute Gasteiger partial charge is 0.332 e. The van der Waals surface area contributed by atoms with Crippen molar-refractivity contribution in [1.82, 2.24) is 15.1 Å². The van der Waals surface area contributed by atoms with Gasteiger partial charge in [0.2, 0.25) is 0 Å². The molecule has 0 radical (unpaired) electrons. The molecule has 2 aromatic rings. The standard InChI is InChI=1S/C14H16FN3O/c1-3-18(14(19)12-8-16-17-9-12)10(2)11-4-6-13(15)7-5-11/h4-10H,3H2,1-2H3,(H,16,17). The van der Waals surface area contributed by atoms with Crippen LogP contribution in [0.3, 0.4) is 0 Å². The van der Waals surface area contributed by atoms with E-state index < -0.39 is 0 Å². The predicted octanol–water partition coefficient (Wildman–Crippen LogP) is 2.77. The minimum atomic E-state index is -0.278. The molecule has 0 aliphatic rings. The molecule has 0 saturated carbocycles. The van der Waals surface area contributed by atoms with E-state index in [9.17, 15) is 9.18 Å². The van der Waals surface area contributed by atoms with E-state index in [4.69, 9.17) is 0 Å². The van der Waals surface area contributed by atoms with E-state index in [-0.39, 0.29) is 17.8 Å². The highest BCUT2D eigenvalue weighted by Gasteiger charge is 2.21. The number of nitrogens with zero attached hydrogens (tertiary/aromatic N) is 2. The molecule has 0 bridgehead atoms. The number of rotatable bonds is 4. The van der Waals surface area contributed by atoms with Gasteiger partial charge in [-0.2, -0.15) is 5.10 Å². The molecule has 1 aromatic heterocycles. The molecule has 0 fully saturated rings. The van der Waals surface area contributed by atoms with Crippen LogP contribution in [0, 0.1) is 5.82 Å². The van der Waals surface area contributed by atoms with E-state index in [1.54, 1.807) is 23.2 Å². The second-order valence-electron chi connectivity index (χ2n) is 4.31. The Labute approximate surface area is 111 Å². The zero-order valence-electron chi connectivity index (χ0n) is 10.9. The molecular formula is C14H16FN3O. The van der Waals surface area contributed by atoms with Crippen LogP contribution in [0.25, 0.3) is 0 Å². The fourth-order valence-electron chi connectivity index (χ4n) is 2.05. The number of aromatic amines is 1. The molecular weight excluding hydrogens is 245 g/mol. The Kier molecular flexibility index (Phi) is 3.94. The molecule has 1 N–H and O–H groups in total. The first-order chi connectivity index (χ1) is 9.13. The minimum absolute atomic E-state index is 0.0897. The number of aromatic nitrogens is 2. The van der Waals surface area contributed by atoms with E-state index in [0.29, 0.717) is 12.1 Å². The quantitative estimate of drug-likeness (QED) is 0.920. The zero-order valence-corrected chi connectivity index (χ0v) is 10.9. The predicted molar refractivity (Wildman–Crippen MR) is 70.1 cm³/mol. The van der Waals surface area contributed by atoms with Crippen molar-refractivity contribution in [3.05, 3.63) is 53.6 Å². The van der Waals surface area contributed by atoms with Gasteiger partial charge in [0.15, 0.2) is 0 Å². The summed E-state index contributed by atoms with van der Waals surface area (Å²) in [6.07, 6.45) is 3.07. The third-order valence-electron chi connectivity index (χ3n) is 3.17. The highest BCUT2D eigenvalue weighted by atomic mass is 19.1. The summed E-state index contributed by atoms with van der Waals surface area (Å²) in [5, 5.41) is 6.41. The number of benzene rings is 1. The first-order valence-corrected chi connectivity index (χ1v) is 6.18. The average Bonchev–Trinajstić information content (AvgIpc) is 2.94. The van der Waals surface area contributed by atoms with Crippen LogP contribution in [-0.2, 0) is 0 Å².